The first-order valence-corrected chi connectivity index (χ1v) is 11.9. The van der Waals surface area contributed by atoms with Crippen LogP contribution in [0.4, 0.5) is 11.5 Å². The standard InChI is InChI=1S/C22H22N6O5S/c23-13-17-18(26-27-21(17)24)2-1-9-25-22(29)14-3-5-15(6-4-14)28-34(30,31)16-7-8-19-20(12-16)33-11-10-32-19/h3-8,12,28H,1-2,9-11H2,(H,25,29)(H3,24,26,27). The number of benzene rings is 2. The van der Waals surface area contributed by atoms with E-state index in [0.29, 0.717) is 66.6 Å². The monoisotopic (exact) mass is 482 g/mol. The SMILES string of the molecule is N#Cc1c(N)n[nH]c1CCCNC(=O)c1ccc(NS(=O)(=O)c2ccc3c(c2)OCCO3)cc1. The number of hydrogen-bond acceptors (Lipinski definition) is 8. The van der Waals surface area contributed by atoms with E-state index in [9.17, 15) is 13.2 Å². The number of aromatic nitrogens is 2. The smallest absolute Gasteiger partial charge is 0.262 e. The first-order chi connectivity index (χ1) is 16.4. The average molecular weight is 483 g/mol. The Bertz CT molecular complexity index is 1350. The van der Waals surface area contributed by atoms with Crippen molar-refractivity contribution in [2.75, 3.05) is 30.2 Å². The molecule has 1 aromatic heterocycles. The van der Waals surface area contributed by atoms with Gasteiger partial charge in [0.2, 0.25) is 0 Å². The van der Waals surface area contributed by atoms with Crippen LogP contribution in [-0.2, 0) is 16.4 Å². The van der Waals surface area contributed by atoms with E-state index in [2.05, 4.69) is 20.2 Å². The van der Waals surface area contributed by atoms with Gasteiger partial charge in [-0.1, -0.05) is 0 Å². The van der Waals surface area contributed by atoms with Gasteiger partial charge in [-0.25, -0.2) is 8.42 Å². The van der Waals surface area contributed by atoms with Crippen LogP contribution < -0.4 is 25.2 Å². The highest BCUT2D eigenvalue weighted by atomic mass is 32.2. The van der Waals surface area contributed by atoms with Crippen LogP contribution in [0.1, 0.15) is 28.0 Å². The molecular formula is C22H22N6O5S. The van der Waals surface area contributed by atoms with Gasteiger partial charge in [-0.15, -0.1) is 0 Å². The maximum Gasteiger partial charge on any atom is 0.262 e. The molecule has 2 heterocycles. The molecule has 0 unspecified atom stereocenters. The number of sulfonamides is 1. The maximum absolute atomic E-state index is 12.7. The fourth-order valence-corrected chi connectivity index (χ4v) is 4.44. The number of aryl methyl sites for hydroxylation is 1. The predicted molar refractivity (Wildman–Crippen MR) is 123 cm³/mol. The first-order valence-electron chi connectivity index (χ1n) is 10.4. The lowest BCUT2D eigenvalue weighted by molar-refractivity contribution is 0.0953. The number of nitrogen functional groups attached to an aromatic ring is 1. The molecule has 0 fully saturated rings. The van der Waals surface area contributed by atoms with Crippen LogP contribution in [0.15, 0.2) is 47.4 Å². The van der Waals surface area contributed by atoms with Gasteiger partial charge >= 0.3 is 0 Å². The van der Waals surface area contributed by atoms with Gasteiger partial charge in [0.1, 0.15) is 24.8 Å². The quantitative estimate of drug-likeness (QED) is 0.352. The van der Waals surface area contributed by atoms with Crippen LogP contribution in [0.25, 0.3) is 0 Å². The van der Waals surface area contributed by atoms with Gasteiger partial charge in [-0.2, -0.15) is 10.4 Å². The number of anilines is 2. The first kappa shape index (κ1) is 22.9. The number of hydrogen-bond donors (Lipinski definition) is 4. The minimum Gasteiger partial charge on any atom is -0.486 e. The predicted octanol–water partition coefficient (Wildman–Crippen LogP) is 1.80. The molecule has 4 rings (SSSR count). The summed E-state index contributed by atoms with van der Waals surface area (Å²) in [5.41, 5.74) is 7.24. The topological polar surface area (TPSA) is 172 Å². The number of H-pyrrole nitrogens is 1. The van der Waals surface area contributed by atoms with Crippen LogP contribution in [-0.4, -0.2) is 44.3 Å². The van der Waals surface area contributed by atoms with Crippen LogP contribution >= 0.6 is 0 Å². The molecule has 1 aliphatic rings. The van der Waals surface area contributed by atoms with Gasteiger partial charge in [-0.3, -0.25) is 14.6 Å². The lowest BCUT2D eigenvalue weighted by Crippen LogP contribution is -2.24. The van der Waals surface area contributed by atoms with Crippen molar-refractivity contribution in [3.63, 3.8) is 0 Å². The highest BCUT2D eigenvalue weighted by Crippen LogP contribution is 2.32. The zero-order chi connectivity index (χ0) is 24.1. The van der Waals surface area contributed by atoms with Gasteiger partial charge in [0.05, 0.1) is 10.6 Å². The number of nitrogens with two attached hydrogens (primary N) is 1. The summed E-state index contributed by atoms with van der Waals surface area (Å²) >= 11 is 0. The molecule has 0 radical (unpaired) electrons. The fraction of sp³-hybridized carbons (Fsp3) is 0.227. The van der Waals surface area contributed by atoms with Crippen molar-refractivity contribution in [3.8, 4) is 17.6 Å². The second-order valence-electron chi connectivity index (χ2n) is 7.42. The minimum absolute atomic E-state index is 0.0390. The molecule has 1 aliphatic heterocycles. The van der Waals surface area contributed by atoms with E-state index in [1.54, 1.807) is 6.07 Å². The second kappa shape index (κ2) is 9.72. The van der Waals surface area contributed by atoms with Gasteiger partial charge in [0.15, 0.2) is 17.3 Å². The number of aromatic amines is 1. The zero-order valence-electron chi connectivity index (χ0n) is 18.0. The number of nitriles is 1. The number of carbonyl (C=O) groups excluding carboxylic acids is 1. The fourth-order valence-electron chi connectivity index (χ4n) is 3.36. The number of ether oxygens (including phenoxy) is 2. The Labute approximate surface area is 195 Å². The molecule has 12 heteroatoms. The van der Waals surface area contributed by atoms with E-state index in [0.717, 1.165) is 0 Å². The summed E-state index contributed by atoms with van der Waals surface area (Å²) in [6, 6.07) is 12.5. The number of rotatable bonds is 8. The molecule has 5 N–H and O–H groups in total. The summed E-state index contributed by atoms with van der Waals surface area (Å²) in [5, 5.41) is 18.4. The van der Waals surface area contributed by atoms with Crippen molar-refractivity contribution in [2.45, 2.75) is 17.7 Å². The van der Waals surface area contributed by atoms with Gasteiger partial charge in [0.25, 0.3) is 15.9 Å². The van der Waals surface area contributed by atoms with E-state index in [4.69, 9.17) is 20.5 Å². The second-order valence-corrected chi connectivity index (χ2v) is 9.10. The zero-order valence-corrected chi connectivity index (χ0v) is 18.8. The molecule has 0 spiro atoms. The van der Waals surface area contributed by atoms with Gasteiger partial charge in [-0.05, 0) is 49.2 Å². The highest BCUT2D eigenvalue weighted by molar-refractivity contribution is 7.92. The van der Waals surface area contributed by atoms with Gasteiger partial charge in [0, 0.05) is 23.9 Å². The van der Waals surface area contributed by atoms with E-state index < -0.39 is 10.0 Å². The number of nitrogens with one attached hydrogen (secondary N) is 3. The summed E-state index contributed by atoms with van der Waals surface area (Å²) < 4.78 is 38.8. The van der Waals surface area contributed by atoms with Crippen molar-refractivity contribution in [1.29, 1.82) is 5.26 Å². The van der Waals surface area contributed by atoms with Crippen LogP contribution in [0, 0.1) is 11.3 Å². The number of carbonyl (C=O) groups is 1. The van der Waals surface area contributed by atoms with Gasteiger partial charge < -0.3 is 20.5 Å². The van der Waals surface area contributed by atoms with Crippen molar-refractivity contribution >= 4 is 27.4 Å². The normalized spacial score (nSPS) is 12.6. The number of nitrogens with zero attached hydrogens (tertiary/aromatic N) is 2. The molecular weight excluding hydrogens is 460 g/mol. The summed E-state index contributed by atoms with van der Waals surface area (Å²) in [7, 11) is -3.85. The summed E-state index contributed by atoms with van der Waals surface area (Å²) in [6.45, 7) is 1.14. The molecule has 11 nitrogen and oxygen atoms in total. The Kier molecular flexibility index (Phi) is 6.55. The third-order valence-electron chi connectivity index (χ3n) is 5.09. The lowest BCUT2D eigenvalue weighted by atomic mass is 10.1. The molecule has 0 aliphatic carbocycles. The maximum atomic E-state index is 12.7. The van der Waals surface area contributed by atoms with Crippen molar-refractivity contribution < 1.29 is 22.7 Å². The van der Waals surface area contributed by atoms with Crippen LogP contribution in [0.2, 0.25) is 0 Å². The third kappa shape index (κ3) is 5.05. The molecule has 0 bridgehead atoms. The molecule has 3 aromatic rings. The molecule has 1 amide bonds. The van der Waals surface area contributed by atoms with Crippen LogP contribution in [0.3, 0.4) is 0 Å². The Balaban J connectivity index is 1.31. The molecule has 0 saturated heterocycles. The molecule has 2 aromatic carbocycles. The summed E-state index contributed by atoms with van der Waals surface area (Å²) in [4.78, 5) is 12.4. The highest BCUT2D eigenvalue weighted by Gasteiger charge is 2.20. The van der Waals surface area contributed by atoms with E-state index >= 15 is 0 Å². The third-order valence-corrected chi connectivity index (χ3v) is 6.47. The van der Waals surface area contributed by atoms with Crippen LogP contribution in [0.5, 0.6) is 11.5 Å². The molecule has 0 saturated carbocycles. The lowest BCUT2D eigenvalue weighted by Gasteiger charge is -2.19. The number of amides is 1. The Hall–Kier alpha value is -4.24. The van der Waals surface area contributed by atoms with Crippen molar-refractivity contribution in [1.82, 2.24) is 15.5 Å². The van der Waals surface area contributed by atoms with Crippen molar-refractivity contribution in [3.05, 3.63) is 59.3 Å². The molecule has 0 atom stereocenters. The Morgan fingerprint density at radius 1 is 1.15 bits per heavy atom. The molecule has 34 heavy (non-hydrogen) atoms. The Morgan fingerprint density at radius 3 is 2.62 bits per heavy atom. The molecule has 176 valence electrons. The number of fused-ring (bicyclic) bond motifs is 1. The van der Waals surface area contributed by atoms with E-state index in [-0.39, 0.29) is 16.6 Å². The largest absolute Gasteiger partial charge is 0.486 e. The van der Waals surface area contributed by atoms with Crippen molar-refractivity contribution in [2.24, 2.45) is 0 Å². The summed E-state index contributed by atoms with van der Waals surface area (Å²) in [5.74, 6) is 0.734. The average Bonchev–Trinajstić information content (AvgIpc) is 3.20. The van der Waals surface area contributed by atoms with E-state index in [1.165, 1.54) is 36.4 Å². The summed E-state index contributed by atoms with van der Waals surface area (Å²) in [6.07, 6.45) is 1.09. The minimum atomic E-state index is -3.85. The Morgan fingerprint density at radius 2 is 1.88 bits per heavy atom. The van der Waals surface area contributed by atoms with E-state index in [1.807, 2.05) is 6.07 Å².